The van der Waals surface area contributed by atoms with Crippen LogP contribution in [0.15, 0.2) is 66.7 Å². The molecule has 1 heterocycles. The molecule has 0 aliphatic carbocycles. The fraction of sp³-hybridized carbons (Fsp3) is 0.357. The number of halogens is 3. The van der Waals surface area contributed by atoms with E-state index in [9.17, 15) is 22.8 Å². The molecule has 0 fully saturated rings. The molecule has 0 aliphatic rings. The van der Waals surface area contributed by atoms with Gasteiger partial charge in [-0.25, -0.2) is 4.79 Å². The van der Waals surface area contributed by atoms with Gasteiger partial charge in [0.15, 0.2) is 0 Å². The summed E-state index contributed by atoms with van der Waals surface area (Å²) in [6.07, 6.45) is -4.06. The van der Waals surface area contributed by atoms with Gasteiger partial charge in [0.25, 0.3) is 0 Å². The number of urea groups is 1. The van der Waals surface area contributed by atoms with E-state index in [2.05, 4.69) is 5.32 Å². The lowest BCUT2D eigenvalue weighted by molar-refractivity contribution is -0.137. The fourth-order valence-corrected chi connectivity index (χ4v) is 4.69. The third kappa shape index (κ3) is 9.18. The van der Waals surface area contributed by atoms with Crippen LogP contribution in [0.4, 0.5) is 23.7 Å². The maximum absolute atomic E-state index is 13.5. The quantitative estimate of drug-likeness (QED) is 0.261. The second kappa shape index (κ2) is 14.0. The van der Waals surface area contributed by atoms with Gasteiger partial charge in [0.2, 0.25) is 5.91 Å². The highest BCUT2D eigenvalue weighted by atomic mass is 32.1. The summed E-state index contributed by atoms with van der Waals surface area (Å²) >= 11 is 1.60. The van der Waals surface area contributed by atoms with Crippen LogP contribution in [0.3, 0.4) is 0 Å². The number of carbonyl (C=O) groups is 2. The Balaban J connectivity index is 1.77. The summed E-state index contributed by atoms with van der Waals surface area (Å²) in [5, 5.41) is 2.52. The van der Waals surface area contributed by atoms with E-state index in [0.717, 1.165) is 27.5 Å². The first-order chi connectivity index (χ1) is 18.2. The van der Waals surface area contributed by atoms with E-state index in [0.29, 0.717) is 32.7 Å². The number of alkyl halides is 3. The molecular formula is C28H32F3N3O3S. The molecule has 3 rings (SSSR count). The molecule has 3 aromatic rings. The molecule has 0 bridgehead atoms. The maximum Gasteiger partial charge on any atom is 0.416 e. The van der Waals surface area contributed by atoms with Crippen LogP contribution in [-0.4, -0.2) is 48.0 Å². The summed E-state index contributed by atoms with van der Waals surface area (Å²) in [6, 6.07) is 17.3. The SMILES string of the molecule is CCOCCCN(CC(=O)N(Cc1ccccc1)Cc1ccc(C)s1)C(=O)Nc1cccc(C(F)(F)F)c1. The smallest absolute Gasteiger partial charge is 0.382 e. The second-order valence-electron chi connectivity index (χ2n) is 8.73. The van der Waals surface area contributed by atoms with Gasteiger partial charge in [0, 0.05) is 41.7 Å². The monoisotopic (exact) mass is 547 g/mol. The Morgan fingerprint density at radius 3 is 2.39 bits per heavy atom. The number of rotatable bonds is 12. The Morgan fingerprint density at radius 1 is 0.974 bits per heavy atom. The molecule has 38 heavy (non-hydrogen) atoms. The zero-order chi connectivity index (χ0) is 27.5. The van der Waals surface area contributed by atoms with Crippen LogP contribution in [0.1, 0.15) is 34.2 Å². The van der Waals surface area contributed by atoms with Gasteiger partial charge in [-0.3, -0.25) is 4.79 Å². The van der Waals surface area contributed by atoms with Gasteiger partial charge in [-0.05, 0) is 56.2 Å². The first-order valence-corrected chi connectivity index (χ1v) is 13.1. The average molecular weight is 548 g/mol. The number of hydrogen-bond acceptors (Lipinski definition) is 4. The van der Waals surface area contributed by atoms with Gasteiger partial charge in [0.1, 0.15) is 6.54 Å². The van der Waals surface area contributed by atoms with E-state index >= 15 is 0 Å². The number of benzene rings is 2. The van der Waals surface area contributed by atoms with Crippen LogP contribution < -0.4 is 5.32 Å². The van der Waals surface area contributed by atoms with Crippen LogP contribution in [0.5, 0.6) is 0 Å². The third-order valence-corrected chi connectivity index (χ3v) is 6.67. The minimum atomic E-state index is -4.54. The summed E-state index contributed by atoms with van der Waals surface area (Å²) in [5.74, 6) is -0.268. The first-order valence-electron chi connectivity index (χ1n) is 12.3. The first kappa shape index (κ1) is 29.2. The predicted octanol–water partition coefficient (Wildman–Crippen LogP) is 6.56. The van der Waals surface area contributed by atoms with E-state index in [1.165, 1.54) is 17.0 Å². The highest BCUT2D eigenvalue weighted by Crippen LogP contribution is 2.30. The van der Waals surface area contributed by atoms with E-state index in [4.69, 9.17) is 4.74 Å². The summed E-state index contributed by atoms with van der Waals surface area (Å²) in [6.45, 7) is 5.47. The number of carbonyl (C=O) groups excluding carboxylic acids is 2. The van der Waals surface area contributed by atoms with Crippen LogP contribution in [0.2, 0.25) is 0 Å². The zero-order valence-corrected chi connectivity index (χ0v) is 22.3. The van der Waals surface area contributed by atoms with Gasteiger partial charge >= 0.3 is 12.2 Å². The molecule has 0 atom stereocenters. The summed E-state index contributed by atoms with van der Waals surface area (Å²) < 4.78 is 44.8. The highest BCUT2D eigenvalue weighted by molar-refractivity contribution is 7.11. The van der Waals surface area contributed by atoms with Crippen molar-refractivity contribution >= 4 is 29.0 Å². The molecule has 0 saturated carbocycles. The molecule has 0 aliphatic heterocycles. The number of nitrogens with one attached hydrogen (secondary N) is 1. The van der Waals surface area contributed by atoms with Crippen molar-refractivity contribution in [2.45, 2.75) is 39.5 Å². The number of hydrogen-bond donors (Lipinski definition) is 1. The molecule has 6 nitrogen and oxygen atoms in total. The van der Waals surface area contributed by atoms with Gasteiger partial charge in [0.05, 0.1) is 12.1 Å². The van der Waals surface area contributed by atoms with Crippen LogP contribution in [-0.2, 0) is 28.8 Å². The summed E-state index contributed by atoms with van der Waals surface area (Å²) in [4.78, 5) is 31.8. The zero-order valence-electron chi connectivity index (χ0n) is 21.5. The van der Waals surface area contributed by atoms with Crippen molar-refractivity contribution in [3.63, 3.8) is 0 Å². The normalized spacial score (nSPS) is 11.3. The standard InChI is InChI=1S/C28H32F3N3O3S/c1-3-37-16-8-15-33(27(36)32-24-12-7-11-23(17-24)28(29,30)31)20-26(35)34(18-22-9-5-4-6-10-22)19-25-14-13-21(2)38-25/h4-7,9-14,17H,3,8,15-16,18-20H2,1-2H3,(H,32,36). The van der Waals surface area contributed by atoms with Crippen molar-refractivity contribution in [1.82, 2.24) is 9.80 Å². The van der Waals surface area contributed by atoms with Crippen LogP contribution in [0, 0.1) is 6.92 Å². The summed E-state index contributed by atoms with van der Waals surface area (Å²) in [5.41, 5.74) is 0.0854. The minimum absolute atomic E-state index is 0.00212. The average Bonchev–Trinajstić information content (AvgIpc) is 3.30. The molecule has 0 saturated heterocycles. The Bertz CT molecular complexity index is 1180. The van der Waals surface area contributed by atoms with Gasteiger partial charge in [-0.15, -0.1) is 11.3 Å². The van der Waals surface area contributed by atoms with Crippen molar-refractivity contribution in [2.75, 3.05) is 31.6 Å². The van der Waals surface area contributed by atoms with Crippen molar-refractivity contribution in [1.29, 1.82) is 0 Å². The van der Waals surface area contributed by atoms with E-state index in [1.54, 1.807) is 16.2 Å². The molecular weight excluding hydrogens is 515 g/mol. The summed E-state index contributed by atoms with van der Waals surface area (Å²) in [7, 11) is 0. The number of ether oxygens (including phenoxy) is 1. The molecule has 1 N–H and O–H groups in total. The van der Waals surface area contributed by atoms with Crippen molar-refractivity contribution in [3.8, 4) is 0 Å². The van der Waals surface area contributed by atoms with E-state index < -0.39 is 17.8 Å². The fourth-order valence-electron chi connectivity index (χ4n) is 3.79. The Kier molecular flexibility index (Phi) is 10.7. The molecule has 0 unspecified atom stereocenters. The number of nitrogens with zero attached hydrogens (tertiary/aromatic N) is 2. The van der Waals surface area contributed by atoms with Gasteiger partial charge < -0.3 is 19.9 Å². The Hall–Kier alpha value is -3.37. The number of aryl methyl sites for hydroxylation is 1. The molecule has 0 radical (unpaired) electrons. The third-order valence-electron chi connectivity index (χ3n) is 5.69. The maximum atomic E-state index is 13.5. The highest BCUT2D eigenvalue weighted by Gasteiger charge is 2.31. The van der Waals surface area contributed by atoms with Crippen molar-refractivity contribution in [2.24, 2.45) is 0 Å². The molecule has 0 spiro atoms. The number of anilines is 1. The lowest BCUT2D eigenvalue weighted by atomic mass is 10.2. The predicted molar refractivity (Wildman–Crippen MR) is 143 cm³/mol. The molecule has 10 heteroatoms. The molecule has 3 amide bonds. The number of thiophene rings is 1. The van der Waals surface area contributed by atoms with Crippen molar-refractivity contribution in [3.05, 3.63) is 87.6 Å². The Morgan fingerprint density at radius 2 is 1.74 bits per heavy atom. The van der Waals surface area contributed by atoms with Gasteiger partial charge in [-0.2, -0.15) is 13.2 Å². The van der Waals surface area contributed by atoms with Crippen LogP contribution in [0.25, 0.3) is 0 Å². The molecule has 1 aromatic heterocycles. The molecule has 2 aromatic carbocycles. The van der Waals surface area contributed by atoms with Crippen molar-refractivity contribution < 1.29 is 27.5 Å². The van der Waals surface area contributed by atoms with Crippen LogP contribution >= 0.6 is 11.3 Å². The topological polar surface area (TPSA) is 61.9 Å². The lowest BCUT2D eigenvalue weighted by Gasteiger charge is -2.28. The van der Waals surface area contributed by atoms with E-state index in [-0.39, 0.29) is 24.7 Å². The van der Waals surface area contributed by atoms with E-state index in [1.807, 2.05) is 56.3 Å². The molecule has 204 valence electrons. The Labute approximate surface area is 225 Å². The number of amides is 3. The van der Waals surface area contributed by atoms with Gasteiger partial charge in [-0.1, -0.05) is 36.4 Å². The lowest BCUT2D eigenvalue weighted by Crippen LogP contribution is -2.44. The largest absolute Gasteiger partial charge is 0.416 e. The minimum Gasteiger partial charge on any atom is -0.382 e. The second-order valence-corrected chi connectivity index (χ2v) is 10.1.